The van der Waals surface area contributed by atoms with Gasteiger partial charge in [-0.1, -0.05) is 17.7 Å². The molecule has 0 radical (unpaired) electrons. The smallest absolute Gasteiger partial charge is 0.164 e. The molecule has 0 aromatic heterocycles. The maximum Gasteiger partial charge on any atom is 0.164 e. The minimum absolute atomic E-state index is 0.199. The molecule has 3 nitrogen and oxygen atoms in total. The summed E-state index contributed by atoms with van der Waals surface area (Å²) in [4.78, 5) is 22.9. The van der Waals surface area contributed by atoms with Gasteiger partial charge in [0.15, 0.2) is 11.6 Å². The van der Waals surface area contributed by atoms with Gasteiger partial charge < -0.3 is 5.11 Å². The molecule has 2 aliphatic carbocycles. The van der Waals surface area contributed by atoms with Crippen LogP contribution in [0.1, 0.15) is 6.42 Å². The van der Waals surface area contributed by atoms with Gasteiger partial charge in [-0.05, 0) is 18.6 Å². The summed E-state index contributed by atoms with van der Waals surface area (Å²) in [5, 5.41) is 9.98. The highest BCUT2D eigenvalue weighted by Crippen LogP contribution is 2.36. The van der Waals surface area contributed by atoms with Gasteiger partial charge in [-0.15, -0.1) is 0 Å². The third-order valence-electron chi connectivity index (χ3n) is 2.67. The van der Waals surface area contributed by atoms with E-state index < -0.39 is 17.9 Å². The maximum absolute atomic E-state index is 11.5. The zero-order chi connectivity index (χ0) is 10.3. The lowest BCUT2D eigenvalue weighted by Gasteiger charge is -2.32. The molecule has 4 heteroatoms. The first-order valence-corrected chi connectivity index (χ1v) is 4.78. The normalized spacial score (nSPS) is 36.7. The zero-order valence-corrected chi connectivity index (χ0v) is 8.07. The van der Waals surface area contributed by atoms with E-state index in [4.69, 9.17) is 11.6 Å². The van der Waals surface area contributed by atoms with Crippen LogP contribution < -0.4 is 0 Å². The van der Waals surface area contributed by atoms with Crippen LogP contribution in [0, 0.1) is 11.8 Å². The number of ketones is 2. The minimum atomic E-state index is -0.788. The lowest BCUT2D eigenvalue weighted by atomic mass is 9.74. The van der Waals surface area contributed by atoms with Crippen LogP contribution in [0.25, 0.3) is 0 Å². The van der Waals surface area contributed by atoms with E-state index in [1.807, 2.05) is 0 Å². The fraction of sp³-hybridized carbons (Fsp3) is 0.400. The summed E-state index contributed by atoms with van der Waals surface area (Å²) >= 11 is 5.86. The fourth-order valence-electron chi connectivity index (χ4n) is 1.95. The van der Waals surface area contributed by atoms with E-state index in [0.717, 1.165) is 0 Å². The van der Waals surface area contributed by atoms with Crippen molar-refractivity contribution in [2.24, 2.45) is 11.8 Å². The highest BCUT2D eigenvalue weighted by atomic mass is 35.5. The Hall–Kier alpha value is -0.930. The maximum atomic E-state index is 11.5. The second kappa shape index (κ2) is 3.33. The summed E-state index contributed by atoms with van der Waals surface area (Å²) in [6.45, 7) is 0. The van der Waals surface area contributed by atoms with Crippen molar-refractivity contribution in [3.8, 4) is 0 Å². The van der Waals surface area contributed by atoms with Crippen LogP contribution in [-0.4, -0.2) is 22.8 Å². The summed E-state index contributed by atoms with van der Waals surface area (Å²) in [6, 6.07) is 0. The Labute approximate surface area is 86.1 Å². The van der Waals surface area contributed by atoms with Crippen molar-refractivity contribution in [1.82, 2.24) is 0 Å². The van der Waals surface area contributed by atoms with Gasteiger partial charge in [-0.25, -0.2) is 0 Å². The molecule has 0 aromatic carbocycles. The molecule has 0 bridgehead atoms. The third-order valence-corrected chi connectivity index (χ3v) is 3.06. The Kier molecular flexibility index (Phi) is 2.29. The van der Waals surface area contributed by atoms with Gasteiger partial charge in [0, 0.05) is 5.03 Å². The summed E-state index contributed by atoms with van der Waals surface area (Å²) < 4.78 is 0. The zero-order valence-electron chi connectivity index (χ0n) is 7.31. The van der Waals surface area contributed by atoms with Crippen LogP contribution in [-0.2, 0) is 9.59 Å². The molecule has 14 heavy (non-hydrogen) atoms. The largest absolute Gasteiger partial charge is 0.392 e. The second-order valence-corrected chi connectivity index (χ2v) is 3.97. The van der Waals surface area contributed by atoms with Gasteiger partial charge in [0.2, 0.25) is 0 Å². The number of rotatable bonds is 0. The second-order valence-electron chi connectivity index (χ2n) is 3.53. The number of carbonyl (C=O) groups excluding carboxylic acids is 2. The van der Waals surface area contributed by atoms with Crippen LogP contribution >= 0.6 is 11.6 Å². The first kappa shape index (κ1) is 9.62. The van der Waals surface area contributed by atoms with Crippen LogP contribution in [0.4, 0.5) is 0 Å². The first-order chi connectivity index (χ1) is 6.61. The van der Waals surface area contributed by atoms with Gasteiger partial charge in [-0.3, -0.25) is 9.59 Å². The summed E-state index contributed by atoms with van der Waals surface area (Å²) in [6.07, 6.45) is 3.62. The van der Waals surface area contributed by atoms with E-state index in [2.05, 4.69) is 0 Å². The van der Waals surface area contributed by atoms with E-state index in [0.29, 0.717) is 11.5 Å². The SMILES string of the molecule is O=C1C=CC(=O)C2C(O)CC=C(Cl)C12. The van der Waals surface area contributed by atoms with Crippen molar-refractivity contribution in [2.45, 2.75) is 12.5 Å². The Morgan fingerprint density at radius 1 is 1.29 bits per heavy atom. The molecular formula is C10H9ClO3. The lowest BCUT2D eigenvalue weighted by Crippen LogP contribution is -2.42. The monoisotopic (exact) mass is 212 g/mol. The van der Waals surface area contributed by atoms with E-state index in [1.165, 1.54) is 12.2 Å². The van der Waals surface area contributed by atoms with Crippen molar-refractivity contribution in [3.63, 3.8) is 0 Å². The summed E-state index contributed by atoms with van der Waals surface area (Å²) in [5.74, 6) is -1.74. The lowest BCUT2D eigenvalue weighted by molar-refractivity contribution is -0.132. The molecule has 0 aliphatic heterocycles. The molecular weight excluding hydrogens is 204 g/mol. The van der Waals surface area contributed by atoms with Crippen LogP contribution in [0.15, 0.2) is 23.3 Å². The van der Waals surface area contributed by atoms with Crippen molar-refractivity contribution in [2.75, 3.05) is 0 Å². The van der Waals surface area contributed by atoms with Gasteiger partial charge >= 0.3 is 0 Å². The van der Waals surface area contributed by atoms with Gasteiger partial charge in [0.1, 0.15) is 0 Å². The number of halogens is 1. The van der Waals surface area contributed by atoms with Crippen LogP contribution in [0.3, 0.4) is 0 Å². The number of aliphatic hydroxyl groups excluding tert-OH is 1. The molecule has 0 aromatic rings. The topological polar surface area (TPSA) is 54.4 Å². The van der Waals surface area contributed by atoms with Crippen molar-refractivity contribution >= 4 is 23.2 Å². The van der Waals surface area contributed by atoms with Crippen molar-refractivity contribution in [3.05, 3.63) is 23.3 Å². The Morgan fingerprint density at radius 2 is 1.93 bits per heavy atom. The molecule has 2 rings (SSSR count). The van der Waals surface area contributed by atoms with Crippen molar-refractivity contribution < 1.29 is 14.7 Å². The third kappa shape index (κ3) is 1.33. The van der Waals surface area contributed by atoms with Crippen LogP contribution in [0.2, 0.25) is 0 Å². The molecule has 3 atom stereocenters. The highest BCUT2D eigenvalue weighted by Gasteiger charge is 2.42. The molecule has 0 amide bonds. The number of carbonyl (C=O) groups is 2. The Balaban J connectivity index is 2.45. The quantitative estimate of drug-likeness (QED) is 0.647. The standard InChI is InChI=1S/C10H9ClO3/c11-5-1-2-7(13)10-8(14)4-3-6(12)9(5)10/h1,3-4,7,9-10,13H,2H2. The molecule has 1 N–H and O–H groups in total. The highest BCUT2D eigenvalue weighted by molar-refractivity contribution is 6.32. The van der Waals surface area contributed by atoms with E-state index in [-0.39, 0.29) is 11.6 Å². The van der Waals surface area contributed by atoms with Gasteiger partial charge in [0.25, 0.3) is 0 Å². The average Bonchev–Trinajstić information content (AvgIpc) is 2.16. The molecule has 3 unspecified atom stereocenters. The van der Waals surface area contributed by atoms with Gasteiger partial charge in [0.05, 0.1) is 17.9 Å². The number of fused-ring (bicyclic) bond motifs is 1. The molecule has 74 valence electrons. The molecule has 2 aliphatic rings. The van der Waals surface area contributed by atoms with E-state index >= 15 is 0 Å². The number of hydrogen-bond acceptors (Lipinski definition) is 3. The summed E-state index contributed by atoms with van der Waals surface area (Å²) in [7, 11) is 0. The number of aliphatic hydroxyl groups is 1. The van der Waals surface area contributed by atoms with Gasteiger partial charge in [-0.2, -0.15) is 0 Å². The van der Waals surface area contributed by atoms with Crippen molar-refractivity contribution in [1.29, 1.82) is 0 Å². The van der Waals surface area contributed by atoms with E-state index in [1.54, 1.807) is 6.08 Å². The van der Waals surface area contributed by atoms with E-state index in [9.17, 15) is 14.7 Å². The fourth-order valence-corrected chi connectivity index (χ4v) is 2.28. The molecule has 0 spiro atoms. The molecule has 0 heterocycles. The average molecular weight is 213 g/mol. The minimum Gasteiger partial charge on any atom is -0.392 e. The Morgan fingerprint density at radius 3 is 2.57 bits per heavy atom. The summed E-state index contributed by atoms with van der Waals surface area (Å²) in [5.41, 5.74) is 0. The first-order valence-electron chi connectivity index (χ1n) is 4.40. The van der Waals surface area contributed by atoms with Crippen LogP contribution in [0.5, 0.6) is 0 Å². The number of allylic oxidation sites excluding steroid dienone is 3. The Bertz CT molecular complexity index is 356. The predicted molar refractivity (Wildman–Crippen MR) is 50.7 cm³/mol. The number of hydrogen-bond donors (Lipinski definition) is 1. The predicted octanol–water partition coefficient (Wildman–Crippen LogP) is 0.814. The molecule has 0 saturated heterocycles. The molecule has 0 saturated carbocycles. The molecule has 0 fully saturated rings.